The van der Waals surface area contributed by atoms with Crippen molar-refractivity contribution >= 4 is 32.7 Å². The zero-order chi connectivity index (χ0) is 20.1. The predicted molar refractivity (Wildman–Crippen MR) is 123 cm³/mol. The maximum absolute atomic E-state index is 13.3. The molecule has 4 heteroatoms. The Balaban J connectivity index is 1.67. The third-order valence-electron chi connectivity index (χ3n) is 5.96. The summed E-state index contributed by atoms with van der Waals surface area (Å²) in [6, 6.07) is 18.0. The average Bonchev–Trinajstić information content (AvgIpc) is 2.79. The van der Waals surface area contributed by atoms with Crippen LogP contribution in [0.3, 0.4) is 0 Å². The number of rotatable bonds is 6. The van der Waals surface area contributed by atoms with Crippen LogP contribution < -0.4 is 5.32 Å². The number of hydrogen-bond donors (Lipinski definition) is 1. The van der Waals surface area contributed by atoms with Crippen LogP contribution in [0.2, 0.25) is 0 Å². The zero-order valence-electron chi connectivity index (χ0n) is 16.7. The Morgan fingerprint density at radius 3 is 2.48 bits per heavy atom. The molecule has 150 valence electrons. The van der Waals surface area contributed by atoms with Crippen molar-refractivity contribution in [2.75, 3.05) is 6.54 Å². The number of benzene rings is 2. The number of carbonyl (C=O) groups excluding carboxylic acids is 1. The van der Waals surface area contributed by atoms with E-state index in [0.717, 1.165) is 52.2 Å². The molecule has 0 unspecified atom stereocenters. The normalized spacial score (nSPS) is 14.8. The number of amides is 1. The van der Waals surface area contributed by atoms with E-state index in [1.165, 1.54) is 32.1 Å². The highest BCUT2D eigenvalue weighted by Gasteiger charge is 2.21. The highest BCUT2D eigenvalue weighted by molar-refractivity contribution is 9.08. The Morgan fingerprint density at radius 1 is 1.00 bits per heavy atom. The molecule has 0 saturated heterocycles. The minimum absolute atomic E-state index is 0.00559. The highest BCUT2D eigenvalue weighted by Crippen LogP contribution is 2.32. The Kier molecular flexibility index (Phi) is 6.60. The summed E-state index contributed by atoms with van der Waals surface area (Å²) in [6.45, 7) is 0.739. The summed E-state index contributed by atoms with van der Waals surface area (Å²) in [6.07, 6.45) is 7.72. The first-order valence-electron chi connectivity index (χ1n) is 10.6. The zero-order valence-corrected chi connectivity index (χ0v) is 18.2. The molecule has 2 aromatic carbocycles. The summed E-state index contributed by atoms with van der Waals surface area (Å²) in [7, 11) is 0. The molecule has 3 aromatic rings. The molecule has 0 aliphatic heterocycles. The molecule has 0 spiro atoms. The molecule has 1 saturated carbocycles. The van der Waals surface area contributed by atoms with E-state index in [4.69, 9.17) is 4.98 Å². The van der Waals surface area contributed by atoms with Crippen LogP contribution in [-0.2, 0) is 5.33 Å². The van der Waals surface area contributed by atoms with E-state index in [2.05, 4.69) is 21.2 Å². The van der Waals surface area contributed by atoms with E-state index in [1.54, 1.807) is 0 Å². The molecule has 1 aliphatic rings. The second kappa shape index (κ2) is 9.53. The molecular formula is C25H27BrN2O. The number of halogens is 1. The van der Waals surface area contributed by atoms with E-state index in [1.807, 2.05) is 54.6 Å². The topological polar surface area (TPSA) is 42.0 Å². The molecule has 3 nitrogen and oxygen atoms in total. The minimum atomic E-state index is 0.00559. The van der Waals surface area contributed by atoms with Gasteiger partial charge < -0.3 is 5.32 Å². The van der Waals surface area contributed by atoms with Gasteiger partial charge in [0.05, 0.1) is 16.8 Å². The lowest BCUT2D eigenvalue weighted by molar-refractivity contribution is 0.0951. The summed E-state index contributed by atoms with van der Waals surface area (Å²) >= 11 is 3.62. The third kappa shape index (κ3) is 4.53. The Labute approximate surface area is 181 Å². The summed E-state index contributed by atoms with van der Waals surface area (Å²) in [4.78, 5) is 18.2. The van der Waals surface area contributed by atoms with Crippen LogP contribution in [0.25, 0.3) is 22.2 Å². The largest absolute Gasteiger partial charge is 0.352 e. The van der Waals surface area contributed by atoms with Crippen LogP contribution >= 0.6 is 15.9 Å². The summed E-state index contributed by atoms with van der Waals surface area (Å²) in [5, 5.41) is 4.70. The van der Waals surface area contributed by atoms with E-state index in [9.17, 15) is 4.79 Å². The molecule has 1 N–H and O–H groups in total. The van der Waals surface area contributed by atoms with Gasteiger partial charge in [0.2, 0.25) is 0 Å². The smallest absolute Gasteiger partial charge is 0.252 e. The number of hydrogen-bond acceptors (Lipinski definition) is 2. The number of fused-ring (bicyclic) bond motifs is 1. The number of aromatic nitrogens is 1. The molecule has 0 radical (unpaired) electrons. The standard InChI is InChI=1S/C25H27BrN2O/c26-17-21-23(25(29)27-16-15-18-9-3-1-4-10-18)20-13-7-8-14-22(20)28-24(21)19-11-5-2-6-12-19/h2,5-8,11-14,18H,1,3-4,9-10,15-17H2,(H,27,29). The first kappa shape index (κ1) is 20.1. The SMILES string of the molecule is O=C(NCCC1CCCCC1)c1c(CBr)c(-c2ccccc2)nc2ccccc12. The van der Waals surface area contributed by atoms with Crippen LogP contribution in [0, 0.1) is 5.92 Å². The predicted octanol–water partition coefficient (Wildman–Crippen LogP) is 6.50. The maximum Gasteiger partial charge on any atom is 0.252 e. The van der Waals surface area contributed by atoms with Gasteiger partial charge in [0.1, 0.15) is 0 Å². The first-order chi connectivity index (χ1) is 14.3. The number of alkyl halides is 1. The lowest BCUT2D eigenvalue weighted by atomic mass is 9.87. The van der Waals surface area contributed by atoms with Gasteiger partial charge in [-0.15, -0.1) is 0 Å². The molecule has 1 aliphatic carbocycles. The third-order valence-corrected chi connectivity index (χ3v) is 6.52. The van der Waals surface area contributed by atoms with E-state index >= 15 is 0 Å². The van der Waals surface area contributed by atoms with Crippen LogP contribution in [0.15, 0.2) is 54.6 Å². The summed E-state index contributed by atoms with van der Waals surface area (Å²) < 4.78 is 0. The van der Waals surface area contributed by atoms with Crippen molar-refractivity contribution in [3.63, 3.8) is 0 Å². The fourth-order valence-electron chi connectivity index (χ4n) is 4.43. The van der Waals surface area contributed by atoms with Crippen molar-refractivity contribution in [1.29, 1.82) is 0 Å². The molecule has 0 atom stereocenters. The molecular weight excluding hydrogens is 424 g/mol. The van der Waals surface area contributed by atoms with Crippen LogP contribution in [-0.4, -0.2) is 17.4 Å². The van der Waals surface area contributed by atoms with Crippen LogP contribution in [0.4, 0.5) is 0 Å². The van der Waals surface area contributed by atoms with Crippen LogP contribution in [0.5, 0.6) is 0 Å². The van der Waals surface area contributed by atoms with Gasteiger partial charge in [0.15, 0.2) is 0 Å². The van der Waals surface area contributed by atoms with Gasteiger partial charge >= 0.3 is 0 Å². The summed E-state index contributed by atoms with van der Waals surface area (Å²) in [5.41, 5.74) is 4.45. The monoisotopic (exact) mass is 450 g/mol. The lowest BCUT2D eigenvalue weighted by Gasteiger charge is -2.22. The quantitative estimate of drug-likeness (QED) is 0.435. The molecule has 1 heterocycles. The van der Waals surface area contributed by atoms with Gasteiger partial charge in [0.25, 0.3) is 5.91 Å². The minimum Gasteiger partial charge on any atom is -0.352 e. The molecule has 0 bridgehead atoms. The van der Waals surface area contributed by atoms with Gasteiger partial charge in [-0.1, -0.05) is 96.6 Å². The molecule has 1 amide bonds. The number of nitrogens with zero attached hydrogens (tertiary/aromatic N) is 1. The summed E-state index contributed by atoms with van der Waals surface area (Å²) in [5.74, 6) is 0.764. The number of para-hydroxylation sites is 1. The Hall–Kier alpha value is -2.20. The van der Waals surface area contributed by atoms with Gasteiger partial charge in [-0.05, 0) is 18.4 Å². The first-order valence-corrected chi connectivity index (χ1v) is 11.7. The second-order valence-corrected chi connectivity index (χ2v) is 8.44. The van der Waals surface area contributed by atoms with Crippen molar-refractivity contribution in [3.8, 4) is 11.3 Å². The average molecular weight is 451 g/mol. The van der Waals surface area contributed by atoms with Crippen molar-refractivity contribution in [2.45, 2.75) is 43.9 Å². The Bertz CT molecular complexity index is 981. The van der Waals surface area contributed by atoms with E-state index < -0.39 is 0 Å². The van der Waals surface area contributed by atoms with Crippen molar-refractivity contribution < 1.29 is 4.79 Å². The maximum atomic E-state index is 13.3. The fraction of sp³-hybridized carbons (Fsp3) is 0.360. The molecule has 4 rings (SSSR count). The van der Waals surface area contributed by atoms with Gasteiger partial charge in [-0.25, -0.2) is 4.98 Å². The van der Waals surface area contributed by atoms with Gasteiger partial charge in [-0.3, -0.25) is 4.79 Å². The fourth-order valence-corrected chi connectivity index (χ4v) is 4.98. The van der Waals surface area contributed by atoms with Crippen LogP contribution in [0.1, 0.15) is 54.4 Å². The Morgan fingerprint density at radius 2 is 1.72 bits per heavy atom. The van der Waals surface area contributed by atoms with E-state index in [-0.39, 0.29) is 5.91 Å². The van der Waals surface area contributed by atoms with Crippen molar-refractivity contribution in [2.24, 2.45) is 5.92 Å². The van der Waals surface area contributed by atoms with E-state index in [0.29, 0.717) is 5.33 Å². The van der Waals surface area contributed by atoms with Crippen molar-refractivity contribution in [1.82, 2.24) is 10.3 Å². The lowest BCUT2D eigenvalue weighted by Crippen LogP contribution is -2.28. The molecule has 1 aromatic heterocycles. The second-order valence-electron chi connectivity index (χ2n) is 7.88. The number of pyridine rings is 1. The molecule has 29 heavy (non-hydrogen) atoms. The van der Waals surface area contributed by atoms with Gasteiger partial charge in [-0.2, -0.15) is 0 Å². The van der Waals surface area contributed by atoms with Gasteiger partial charge in [0, 0.05) is 28.4 Å². The number of carbonyl (C=O) groups is 1. The highest BCUT2D eigenvalue weighted by atomic mass is 79.9. The van der Waals surface area contributed by atoms with Crippen molar-refractivity contribution in [3.05, 3.63) is 65.7 Å². The number of nitrogens with one attached hydrogen (secondary N) is 1. The molecule has 1 fully saturated rings.